The summed E-state index contributed by atoms with van der Waals surface area (Å²) in [6.45, 7) is 2.58. The van der Waals surface area contributed by atoms with Gasteiger partial charge in [0.1, 0.15) is 5.82 Å². The highest BCUT2D eigenvalue weighted by Crippen LogP contribution is 2.26. The minimum Gasteiger partial charge on any atom is -0.383 e. The Bertz CT molecular complexity index is 613. The van der Waals surface area contributed by atoms with Gasteiger partial charge >= 0.3 is 0 Å². The third-order valence-electron chi connectivity index (χ3n) is 2.63. The molecule has 1 aromatic heterocycles. The summed E-state index contributed by atoms with van der Waals surface area (Å²) in [5.74, 6) is -0.888. The third-order valence-corrected chi connectivity index (χ3v) is 3.30. The lowest BCUT2D eigenvalue weighted by Crippen LogP contribution is -2.16. The standard InChI is InChI=1S/C14H13BrFN3O/c1-2-18-12-8-17-7-6-9(12)14(20)19-13-10(15)4-3-5-11(13)16/h3-8,18H,2H2,1H3,(H,19,20). The SMILES string of the molecule is CCNc1cnccc1C(=O)Nc1c(F)cccc1Br. The zero-order valence-corrected chi connectivity index (χ0v) is 12.4. The molecule has 20 heavy (non-hydrogen) atoms. The number of anilines is 2. The molecule has 0 aliphatic rings. The summed E-state index contributed by atoms with van der Waals surface area (Å²) in [4.78, 5) is 16.2. The molecule has 0 aliphatic carbocycles. The van der Waals surface area contributed by atoms with E-state index in [4.69, 9.17) is 0 Å². The predicted octanol–water partition coefficient (Wildman–Crippen LogP) is 3.67. The van der Waals surface area contributed by atoms with Crippen molar-refractivity contribution in [3.8, 4) is 0 Å². The van der Waals surface area contributed by atoms with Gasteiger partial charge in [0, 0.05) is 17.2 Å². The van der Waals surface area contributed by atoms with Gasteiger partial charge in [-0.25, -0.2) is 4.39 Å². The minimum atomic E-state index is -0.494. The van der Waals surface area contributed by atoms with Crippen LogP contribution in [-0.4, -0.2) is 17.4 Å². The van der Waals surface area contributed by atoms with Crippen molar-refractivity contribution in [1.82, 2.24) is 4.98 Å². The molecule has 0 unspecified atom stereocenters. The quantitative estimate of drug-likeness (QED) is 0.894. The summed E-state index contributed by atoms with van der Waals surface area (Å²) in [7, 11) is 0. The van der Waals surface area contributed by atoms with Gasteiger partial charge in [-0.3, -0.25) is 9.78 Å². The molecule has 0 bridgehead atoms. The molecule has 0 radical (unpaired) electrons. The number of benzene rings is 1. The highest BCUT2D eigenvalue weighted by Gasteiger charge is 2.15. The number of rotatable bonds is 4. The van der Waals surface area contributed by atoms with Gasteiger partial charge in [-0.05, 0) is 41.1 Å². The summed E-state index contributed by atoms with van der Waals surface area (Å²) in [5, 5.41) is 5.61. The number of carbonyl (C=O) groups is 1. The Hall–Kier alpha value is -1.95. The molecule has 2 rings (SSSR count). The molecule has 0 atom stereocenters. The van der Waals surface area contributed by atoms with Crippen LogP contribution in [0.25, 0.3) is 0 Å². The van der Waals surface area contributed by atoms with E-state index in [9.17, 15) is 9.18 Å². The summed E-state index contributed by atoms with van der Waals surface area (Å²) in [5.41, 5.74) is 1.15. The molecular weight excluding hydrogens is 325 g/mol. The van der Waals surface area contributed by atoms with Crippen LogP contribution in [0.15, 0.2) is 41.1 Å². The molecule has 0 fully saturated rings. The second-order valence-corrected chi connectivity index (χ2v) is 4.86. The van der Waals surface area contributed by atoms with Gasteiger partial charge in [0.15, 0.2) is 0 Å². The largest absolute Gasteiger partial charge is 0.383 e. The van der Waals surface area contributed by atoms with Crippen molar-refractivity contribution in [3.05, 3.63) is 52.5 Å². The fourth-order valence-corrected chi connectivity index (χ4v) is 2.16. The van der Waals surface area contributed by atoms with Gasteiger partial charge in [0.25, 0.3) is 5.91 Å². The molecule has 0 spiro atoms. The molecule has 2 N–H and O–H groups in total. The lowest BCUT2D eigenvalue weighted by atomic mass is 10.2. The molecule has 0 aliphatic heterocycles. The van der Waals surface area contributed by atoms with Gasteiger partial charge in [0.05, 0.1) is 23.1 Å². The van der Waals surface area contributed by atoms with E-state index >= 15 is 0 Å². The van der Waals surface area contributed by atoms with Crippen molar-refractivity contribution in [2.24, 2.45) is 0 Å². The first-order chi connectivity index (χ1) is 9.63. The maximum Gasteiger partial charge on any atom is 0.257 e. The number of aromatic nitrogens is 1. The van der Waals surface area contributed by atoms with Gasteiger partial charge in [-0.1, -0.05) is 6.07 Å². The number of amides is 1. The van der Waals surface area contributed by atoms with Crippen molar-refractivity contribution >= 4 is 33.2 Å². The number of pyridine rings is 1. The Morgan fingerprint density at radius 2 is 2.20 bits per heavy atom. The minimum absolute atomic E-state index is 0.122. The molecule has 0 saturated heterocycles. The number of hydrogen-bond donors (Lipinski definition) is 2. The first-order valence-corrected chi connectivity index (χ1v) is 6.86. The summed E-state index contributed by atoms with van der Waals surface area (Å²) in [6, 6.07) is 6.10. The zero-order valence-electron chi connectivity index (χ0n) is 10.8. The van der Waals surface area contributed by atoms with Crippen LogP contribution in [0.2, 0.25) is 0 Å². The summed E-state index contributed by atoms with van der Waals surface area (Å²) >= 11 is 3.21. The molecule has 6 heteroatoms. The monoisotopic (exact) mass is 337 g/mol. The molecule has 1 heterocycles. The van der Waals surface area contributed by atoms with E-state index < -0.39 is 11.7 Å². The molecule has 1 aromatic carbocycles. The van der Waals surface area contributed by atoms with E-state index in [0.29, 0.717) is 22.3 Å². The molecule has 0 saturated carbocycles. The first-order valence-electron chi connectivity index (χ1n) is 6.06. The van der Waals surface area contributed by atoms with Crippen LogP contribution in [0.3, 0.4) is 0 Å². The number of para-hydroxylation sites is 1. The second-order valence-electron chi connectivity index (χ2n) is 4.00. The lowest BCUT2D eigenvalue weighted by molar-refractivity contribution is 0.102. The smallest absolute Gasteiger partial charge is 0.257 e. The predicted molar refractivity (Wildman–Crippen MR) is 80.5 cm³/mol. The van der Waals surface area contributed by atoms with Crippen LogP contribution >= 0.6 is 15.9 Å². The Morgan fingerprint density at radius 1 is 1.40 bits per heavy atom. The molecule has 1 amide bonds. The maximum atomic E-state index is 13.7. The van der Waals surface area contributed by atoms with Crippen molar-refractivity contribution in [2.45, 2.75) is 6.92 Å². The fourth-order valence-electron chi connectivity index (χ4n) is 1.72. The van der Waals surface area contributed by atoms with Gasteiger partial charge in [-0.15, -0.1) is 0 Å². The highest BCUT2D eigenvalue weighted by molar-refractivity contribution is 9.10. The van der Waals surface area contributed by atoms with Crippen LogP contribution in [0.5, 0.6) is 0 Å². The van der Waals surface area contributed by atoms with Crippen LogP contribution in [0.1, 0.15) is 17.3 Å². The average molecular weight is 338 g/mol. The van der Waals surface area contributed by atoms with Crippen molar-refractivity contribution in [3.63, 3.8) is 0 Å². The van der Waals surface area contributed by atoms with Crippen LogP contribution < -0.4 is 10.6 Å². The topological polar surface area (TPSA) is 54.0 Å². The van der Waals surface area contributed by atoms with Gasteiger partial charge in [0.2, 0.25) is 0 Å². The Kier molecular flexibility index (Phi) is 4.68. The van der Waals surface area contributed by atoms with Crippen LogP contribution in [-0.2, 0) is 0 Å². The Labute approximate surface area is 124 Å². The van der Waals surface area contributed by atoms with E-state index in [0.717, 1.165) is 0 Å². The zero-order chi connectivity index (χ0) is 14.5. The van der Waals surface area contributed by atoms with Crippen molar-refractivity contribution in [1.29, 1.82) is 0 Å². The first kappa shape index (κ1) is 14.5. The van der Waals surface area contributed by atoms with E-state index in [1.54, 1.807) is 24.4 Å². The Morgan fingerprint density at radius 3 is 2.90 bits per heavy atom. The number of halogens is 2. The van der Waals surface area contributed by atoms with Crippen LogP contribution in [0, 0.1) is 5.82 Å². The lowest BCUT2D eigenvalue weighted by Gasteiger charge is -2.12. The molecule has 2 aromatic rings. The van der Waals surface area contributed by atoms with Crippen molar-refractivity contribution in [2.75, 3.05) is 17.2 Å². The fraction of sp³-hybridized carbons (Fsp3) is 0.143. The van der Waals surface area contributed by atoms with E-state index in [1.165, 1.54) is 12.3 Å². The molecular formula is C14H13BrFN3O. The average Bonchev–Trinajstić information content (AvgIpc) is 2.44. The van der Waals surface area contributed by atoms with E-state index in [2.05, 4.69) is 31.5 Å². The number of nitrogens with zero attached hydrogens (tertiary/aromatic N) is 1. The van der Waals surface area contributed by atoms with E-state index in [1.807, 2.05) is 6.92 Å². The normalized spacial score (nSPS) is 10.2. The summed E-state index contributed by atoms with van der Waals surface area (Å²) in [6.07, 6.45) is 3.08. The number of nitrogens with one attached hydrogen (secondary N) is 2. The highest BCUT2D eigenvalue weighted by atomic mass is 79.9. The maximum absolute atomic E-state index is 13.7. The Balaban J connectivity index is 2.29. The van der Waals surface area contributed by atoms with Crippen LogP contribution in [0.4, 0.5) is 15.8 Å². The molecule has 104 valence electrons. The van der Waals surface area contributed by atoms with E-state index in [-0.39, 0.29) is 5.69 Å². The summed E-state index contributed by atoms with van der Waals surface area (Å²) < 4.78 is 14.2. The number of hydrogen-bond acceptors (Lipinski definition) is 3. The second kappa shape index (κ2) is 6.47. The third kappa shape index (κ3) is 3.14. The van der Waals surface area contributed by atoms with Gasteiger partial charge < -0.3 is 10.6 Å². The molecule has 4 nitrogen and oxygen atoms in total. The van der Waals surface area contributed by atoms with Crippen molar-refractivity contribution < 1.29 is 9.18 Å². The van der Waals surface area contributed by atoms with Gasteiger partial charge in [-0.2, -0.15) is 0 Å². The number of carbonyl (C=O) groups excluding carboxylic acids is 1.